The lowest BCUT2D eigenvalue weighted by Crippen LogP contribution is -2.39. The molecule has 1 atom stereocenters. The molecule has 1 aliphatic heterocycles. The fourth-order valence-electron chi connectivity index (χ4n) is 3.78. The van der Waals surface area contributed by atoms with Gasteiger partial charge in [0.2, 0.25) is 0 Å². The summed E-state index contributed by atoms with van der Waals surface area (Å²) >= 11 is 0. The molecule has 6 heteroatoms. The molecule has 2 N–H and O–H groups in total. The third-order valence-corrected chi connectivity index (χ3v) is 4.95. The van der Waals surface area contributed by atoms with E-state index in [1.807, 2.05) is 36.9 Å². The third-order valence-electron chi connectivity index (χ3n) is 4.95. The summed E-state index contributed by atoms with van der Waals surface area (Å²) in [5.74, 6) is 0.804. The molecule has 4 rings (SSSR count). The first-order chi connectivity index (χ1) is 12.1. The van der Waals surface area contributed by atoms with Crippen LogP contribution in [0.25, 0.3) is 10.9 Å². The molecule has 0 radical (unpaired) electrons. The number of hydrogen-bond donors (Lipinski definition) is 2. The number of nitrogens with one attached hydrogen (secondary N) is 2. The van der Waals surface area contributed by atoms with Crippen LogP contribution in [0.5, 0.6) is 0 Å². The van der Waals surface area contributed by atoms with Gasteiger partial charge in [-0.05, 0) is 44.2 Å². The van der Waals surface area contributed by atoms with Crippen LogP contribution in [-0.2, 0) is 6.54 Å². The highest BCUT2D eigenvalue weighted by molar-refractivity contribution is 5.80. The number of carbonyl (C=O) groups is 1. The molecule has 1 fully saturated rings. The molecule has 25 heavy (non-hydrogen) atoms. The summed E-state index contributed by atoms with van der Waals surface area (Å²) < 4.78 is 5.29. The van der Waals surface area contributed by atoms with Crippen LogP contribution in [-0.4, -0.2) is 27.6 Å². The van der Waals surface area contributed by atoms with Crippen LogP contribution in [0.15, 0.2) is 34.9 Å². The molecule has 3 aromatic rings. The summed E-state index contributed by atoms with van der Waals surface area (Å²) in [4.78, 5) is 18.0. The van der Waals surface area contributed by atoms with Crippen LogP contribution in [0.4, 0.5) is 4.79 Å². The van der Waals surface area contributed by atoms with Crippen molar-refractivity contribution >= 4 is 16.9 Å². The molecular weight excluding hydrogens is 316 g/mol. The Morgan fingerprint density at radius 2 is 2.24 bits per heavy atom. The van der Waals surface area contributed by atoms with E-state index in [9.17, 15) is 4.79 Å². The summed E-state index contributed by atoms with van der Waals surface area (Å²) in [6, 6.07) is 10.2. The van der Waals surface area contributed by atoms with Crippen molar-refractivity contribution in [1.29, 1.82) is 0 Å². The van der Waals surface area contributed by atoms with Crippen molar-refractivity contribution in [1.82, 2.24) is 20.4 Å². The first-order valence-electron chi connectivity index (χ1n) is 8.67. The molecule has 6 nitrogen and oxygen atoms in total. The van der Waals surface area contributed by atoms with E-state index in [2.05, 4.69) is 27.6 Å². The number of amides is 2. The van der Waals surface area contributed by atoms with Gasteiger partial charge in [-0.25, -0.2) is 4.79 Å². The highest BCUT2D eigenvalue weighted by atomic mass is 16.5. The highest BCUT2D eigenvalue weighted by Gasteiger charge is 2.33. The van der Waals surface area contributed by atoms with Gasteiger partial charge in [-0.15, -0.1) is 0 Å². The van der Waals surface area contributed by atoms with Crippen LogP contribution in [0, 0.1) is 13.8 Å². The van der Waals surface area contributed by atoms with Crippen LogP contribution >= 0.6 is 0 Å². The van der Waals surface area contributed by atoms with Gasteiger partial charge in [-0.2, -0.15) is 0 Å². The van der Waals surface area contributed by atoms with E-state index >= 15 is 0 Å². The van der Waals surface area contributed by atoms with Crippen molar-refractivity contribution in [3.8, 4) is 0 Å². The Hall–Kier alpha value is -2.76. The number of aromatic nitrogens is 2. The Bertz CT molecular complexity index is 859. The normalized spacial score (nSPS) is 17.4. The average molecular weight is 338 g/mol. The van der Waals surface area contributed by atoms with Crippen LogP contribution in [0.1, 0.15) is 41.6 Å². The molecule has 2 aromatic heterocycles. The molecule has 1 saturated heterocycles. The van der Waals surface area contributed by atoms with Crippen molar-refractivity contribution in [2.75, 3.05) is 6.54 Å². The number of urea groups is 1. The first-order valence-corrected chi connectivity index (χ1v) is 8.67. The van der Waals surface area contributed by atoms with E-state index in [0.717, 1.165) is 53.0 Å². The number of nitrogens with zero attached hydrogens (tertiary/aromatic N) is 2. The Balaban J connectivity index is 1.46. The van der Waals surface area contributed by atoms with Crippen molar-refractivity contribution in [3.05, 3.63) is 53.0 Å². The minimum absolute atomic E-state index is 0.0406. The molecule has 1 aliphatic rings. The van der Waals surface area contributed by atoms with Crippen molar-refractivity contribution in [2.24, 2.45) is 0 Å². The highest BCUT2D eigenvalue weighted by Crippen LogP contribution is 2.35. The lowest BCUT2D eigenvalue weighted by molar-refractivity contribution is 0.192. The van der Waals surface area contributed by atoms with Gasteiger partial charge in [0.15, 0.2) is 0 Å². The third kappa shape index (κ3) is 2.88. The Kier molecular flexibility index (Phi) is 3.95. The number of carbonyl (C=O) groups excluding carboxylic acids is 1. The second-order valence-electron chi connectivity index (χ2n) is 6.63. The summed E-state index contributed by atoms with van der Waals surface area (Å²) in [6.07, 6.45) is 1.94. The second kappa shape index (κ2) is 6.27. The zero-order valence-electron chi connectivity index (χ0n) is 14.5. The standard InChI is InChI=1S/C19H22N4O2/c1-12-18(13(2)25-22-12)17-8-5-9-23(17)19(24)20-11-15-10-14-6-3-4-7-16(14)21-15/h3-4,6-7,10,17,21H,5,8-9,11H2,1-2H3,(H,20,24). The van der Waals surface area contributed by atoms with E-state index in [-0.39, 0.29) is 12.1 Å². The lowest BCUT2D eigenvalue weighted by Gasteiger charge is -2.25. The van der Waals surface area contributed by atoms with Crippen LogP contribution < -0.4 is 5.32 Å². The maximum absolute atomic E-state index is 12.7. The molecule has 0 bridgehead atoms. The molecular formula is C19H22N4O2. The zero-order chi connectivity index (χ0) is 17.4. The number of benzene rings is 1. The van der Waals surface area contributed by atoms with Gasteiger partial charge in [0.1, 0.15) is 5.76 Å². The number of para-hydroxylation sites is 1. The van der Waals surface area contributed by atoms with Gasteiger partial charge in [0.05, 0.1) is 18.3 Å². The van der Waals surface area contributed by atoms with E-state index in [1.54, 1.807) is 0 Å². The van der Waals surface area contributed by atoms with E-state index in [1.165, 1.54) is 0 Å². The molecule has 0 aliphatic carbocycles. The monoisotopic (exact) mass is 338 g/mol. The quantitative estimate of drug-likeness (QED) is 0.762. The predicted octanol–water partition coefficient (Wildman–Crippen LogP) is 3.82. The van der Waals surface area contributed by atoms with E-state index in [0.29, 0.717) is 6.54 Å². The molecule has 130 valence electrons. The number of rotatable bonds is 3. The SMILES string of the molecule is Cc1noc(C)c1C1CCCN1C(=O)NCc1cc2ccccc2[nH]1. The summed E-state index contributed by atoms with van der Waals surface area (Å²) in [7, 11) is 0. The number of aromatic amines is 1. The molecule has 0 spiro atoms. The minimum atomic E-state index is -0.0406. The summed E-state index contributed by atoms with van der Waals surface area (Å²) in [6.45, 7) is 5.09. The molecule has 1 unspecified atom stereocenters. The first kappa shape index (κ1) is 15.7. The molecule has 2 amide bonds. The molecule has 3 heterocycles. The summed E-state index contributed by atoms with van der Waals surface area (Å²) in [5, 5.41) is 8.23. The van der Waals surface area contributed by atoms with E-state index < -0.39 is 0 Å². The molecule has 0 saturated carbocycles. The number of aryl methyl sites for hydroxylation is 2. The zero-order valence-corrected chi connectivity index (χ0v) is 14.5. The second-order valence-corrected chi connectivity index (χ2v) is 6.63. The van der Waals surface area contributed by atoms with Gasteiger partial charge in [0, 0.05) is 23.3 Å². The van der Waals surface area contributed by atoms with Crippen molar-refractivity contribution in [2.45, 2.75) is 39.3 Å². The number of likely N-dealkylation sites (tertiary alicyclic amines) is 1. The fraction of sp³-hybridized carbons (Fsp3) is 0.368. The van der Waals surface area contributed by atoms with Crippen LogP contribution in [0.3, 0.4) is 0 Å². The van der Waals surface area contributed by atoms with Gasteiger partial charge in [0.25, 0.3) is 0 Å². The molecule has 1 aromatic carbocycles. The van der Waals surface area contributed by atoms with Gasteiger partial charge < -0.3 is 19.7 Å². The van der Waals surface area contributed by atoms with E-state index in [4.69, 9.17) is 4.52 Å². The van der Waals surface area contributed by atoms with Gasteiger partial charge >= 0.3 is 6.03 Å². The minimum Gasteiger partial charge on any atom is -0.361 e. The smallest absolute Gasteiger partial charge is 0.318 e. The van der Waals surface area contributed by atoms with Crippen molar-refractivity contribution in [3.63, 3.8) is 0 Å². The maximum Gasteiger partial charge on any atom is 0.318 e. The largest absolute Gasteiger partial charge is 0.361 e. The number of hydrogen-bond acceptors (Lipinski definition) is 3. The predicted molar refractivity (Wildman–Crippen MR) is 95.2 cm³/mol. The lowest BCUT2D eigenvalue weighted by atomic mass is 10.0. The maximum atomic E-state index is 12.7. The number of H-pyrrole nitrogens is 1. The topological polar surface area (TPSA) is 74.2 Å². The van der Waals surface area contributed by atoms with Crippen molar-refractivity contribution < 1.29 is 9.32 Å². The summed E-state index contributed by atoms with van der Waals surface area (Å²) in [5.41, 5.74) is 4.01. The number of fused-ring (bicyclic) bond motifs is 1. The fourth-order valence-corrected chi connectivity index (χ4v) is 3.78. The van der Waals surface area contributed by atoms with Crippen LogP contribution in [0.2, 0.25) is 0 Å². The average Bonchev–Trinajstić information content (AvgIpc) is 3.31. The van der Waals surface area contributed by atoms with Gasteiger partial charge in [-0.3, -0.25) is 0 Å². The Labute approximate surface area is 146 Å². The van der Waals surface area contributed by atoms with Gasteiger partial charge in [-0.1, -0.05) is 23.4 Å². The Morgan fingerprint density at radius 3 is 3.00 bits per heavy atom. The Morgan fingerprint density at radius 1 is 1.40 bits per heavy atom.